The van der Waals surface area contributed by atoms with E-state index in [1.54, 1.807) is 11.6 Å². The number of anilines is 2. The van der Waals surface area contributed by atoms with Crippen LogP contribution in [0.5, 0.6) is 0 Å². The fraction of sp³-hybridized carbons (Fsp3) is 0.353. The van der Waals surface area contributed by atoms with Crippen LogP contribution >= 0.6 is 22.7 Å². The average molecular weight is 418 g/mol. The lowest BCUT2D eigenvalue weighted by Crippen LogP contribution is -2.22. The fourth-order valence-electron chi connectivity index (χ4n) is 2.66. The van der Waals surface area contributed by atoms with Gasteiger partial charge >= 0.3 is 0 Å². The van der Waals surface area contributed by atoms with E-state index in [2.05, 4.69) is 30.8 Å². The van der Waals surface area contributed by atoms with Crippen LogP contribution < -0.4 is 5.32 Å². The van der Waals surface area contributed by atoms with Gasteiger partial charge in [0.1, 0.15) is 10.8 Å². The first-order chi connectivity index (χ1) is 13.3. The van der Waals surface area contributed by atoms with Gasteiger partial charge in [0.25, 0.3) is 0 Å². The molecule has 1 atom stereocenters. The topological polar surface area (TPSA) is 115 Å². The van der Waals surface area contributed by atoms with Gasteiger partial charge in [-0.05, 0) is 27.7 Å². The molecule has 28 heavy (non-hydrogen) atoms. The van der Waals surface area contributed by atoms with E-state index in [1.165, 1.54) is 22.7 Å². The molecule has 0 radical (unpaired) electrons. The van der Waals surface area contributed by atoms with Crippen LogP contribution in [0.4, 0.5) is 10.9 Å². The molecule has 0 fully saturated rings. The van der Waals surface area contributed by atoms with Gasteiger partial charge in [0, 0.05) is 28.9 Å². The summed E-state index contributed by atoms with van der Waals surface area (Å²) in [5.74, 6) is 1.43. The van der Waals surface area contributed by atoms with Crippen LogP contribution in [-0.4, -0.2) is 35.2 Å². The van der Waals surface area contributed by atoms with Gasteiger partial charge < -0.3 is 14.9 Å². The van der Waals surface area contributed by atoms with Gasteiger partial charge in [0.05, 0.1) is 12.2 Å². The summed E-state index contributed by atoms with van der Waals surface area (Å²) in [5.41, 5.74) is 1.46. The first-order valence-corrected chi connectivity index (χ1v) is 10.2. The van der Waals surface area contributed by atoms with E-state index in [4.69, 9.17) is 4.52 Å². The molecule has 4 rings (SSSR count). The minimum atomic E-state index is -1.28. The summed E-state index contributed by atoms with van der Waals surface area (Å²) in [5, 5.41) is 34.2. The Morgan fingerprint density at radius 3 is 2.75 bits per heavy atom. The highest BCUT2D eigenvalue weighted by atomic mass is 32.1. The predicted molar refractivity (Wildman–Crippen MR) is 106 cm³/mol. The molecule has 1 unspecified atom stereocenters. The second-order valence-corrected chi connectivity index (χ2v) is 8.44. The normalized spacial score (nSPS) is 13.6. The Hall–Kier alpha value is -2.63. The van der Waals surface area contributed by atoms with Crippen molar-refractivity contribution in [1.82, 2.24) is 30.1 Å². The lowest BCUT2D eigenvalue weighted by molar-refractivity contribution is 0.101. The maximum atomic E-state index is 10.8. The van der Waals surface area contributed by atoms with Crippen molar-refractivity contribution in [1.29, 1.82) is 0 Å². The highest BCUT2D eigenvalue weighted by Crippen LogP contribution is 2.34. The smallest absolute Gasteiger partial charge is 0.211 e. The third-order valence-electron chi connectivity index (χ3n) is 4.25. The maximum absolute atomic E-state index is 10.8. The number of hydrogen-bond acceptors (Lipinski definition) is 10. The summed E-state index contributed by atoms with van der Waals surface area (Å²) in [7, 11) is 0. The molecule has 2 N–H and O–H groups in total. The van der Waals surface area contributed by atoms with E-state index < -0.39 is 5.60 Å². The number of aromatic nitrogens is 6. The van der Waals surface area contributed by atoms with E-state index in [9.17, 15) is 5.11 Å². The summed E-state index contributed by atoms with van der Waals surface area (Å²) in [6.07, 6.45) is 1.87. The Morgan fingerprint density at radius 1 is 1.25 bits per heavy atom. The molecule has 146 valence electrons. The summed E-state index contributed by atoms with van der Waals surface area (Å²) in [4.78, 5) is 4.36. The number of thiazole rings is 1. The number of aryl methyl sites for hydroxylation is 3. The Kier molecular flexibility index (Phi) is 4.73. The summed E-state index contributed by atoms with van der Waals surface area (Å²) in [6.45, 7) is 7.93. The molecule has 0 saturated heterocycles. The molecule has 0 bridgehead atoms. The van der Waals surface area contributed by atoms with Crippen molar-refractivity contribution in [2.75, 3.05) is 5.32 Å². The van der Waals surface area contributed by atoms with Crippen molar-refractivity contribution in [2.24, 2.45) is 0 Å². The zero-order valence-electron chi connectivity index (χ0n) is 15.8. The largest absolute Gasteiger partial charge is 0.376 e. The van der Waals surface area contributed by atoms with Crippen LogP contribution in [-0.2, 0) is 12.1 Å². The molecule has 4 aromatic heterocycles. The number of nitrogens with one attached hydrogen (secondary N) is 1. The minimum absolute atomic E-state index is 0.472. The SMILES string of the molecule is Cc1csc(C(C)(O)c2nnc(Nc3ccn(Cc4c(C)noc4C)n3)s2)n1. The van der Waals surface area contributed by atoms with Crippen molar-refractivity contribution in [3.8, 4) is 0 Å². The summed E-state index contributed by atoms with van der Waals surface area (Å²) < 4.78 is 6.99. The molecule has 0 spiro atoms. The Balaban J connectivity index is 1.48. The first-order valence-electron chi connectivity index (χ1n) is 8.54. The van der Waals surface area contributed by atoms with Gasteiger partial charge in [-0.15, -0.1) is 21.5 Å². The Morgan fingerprint density at radius 2 is 2.07 bits per heavy atom. The Bertz CT molecular complexity index is 1090. The van der Waals surface area contributed by atoms with Gasteiger partial charge in [0.15, 0.2) is 16.4 Å². The van der Waals surface area contributed by atoms with Gasteiger partial charge in [0.2, 0.25) is 5.13 Å². The molecule has 9 nitrogen and oxygen atoms in total. The molecule has 0 aliphatic rings. The van der Waals surface area contributed by atoms with Crippen LogP contribution in [0.3, 0.4) is 0 Å². The van der Waals surface area contributed by atoms with Crippen LogP contribution in [0.1, 0.15) is 39.7 Å². The third kappa shape index (κ3) is 3.55. The van der Waals surface area contributed by atoms with Crippen LogP contribution in [0.2, 0.25) is 0 Å². The van der Waals surface area contributed by atoms with Crippen molar-refractivity contribution in [3.63, 3.8) is 0 Å². The fourth-order valence-corrected chi connectivity index (χ4v) is 4.37. The van der Waals surface area contributed by atoms with Crippen molar-refractivity contribution in [2.45, 2.75) is 39.8 Å². The third-order valence-corrected chi connectivity index (χ3v) is 6.47. The van der Waals surface area contributed by atoms with Crippen LogP contribution in [0.25, 0.3) is 0 Å². The summed E-state index contributed by atoms with van der Waals surface area (Å²) >= 11 is 2.67. The highest BCUT2D eigenvalue weighted by Gasteiger charge is 2.33. The first kappa shape index (κ1) is 18.7. The molecule has 0 aliphatic carbocycles. The summed E-state index contributed by atoms with van der Waals surface area (Å²) in [6, 6.07) is 1.85. The molecule has 11 heteroatoms. The average Bonchev–Trinajstić information content (AvgIpc) is 3.42. The number of aliphatic hydroxyl groups is 1. The van der Waals surface area contributed by atoms with Crippen molar-refractivity contribution < 1.29 is 9.63 Å². The molecule has 0 aliphatic heterocycles. The predicted octanol–water partition coefficient (Wildman–Crippen LogP) is 3.15. The Labute approximate surface area is 169 Å². The van der Waals surface area contributed by atoms with E-state index in [0.29, 0.717) is 27.5 Å². The van der Waals surface area contributed by atoms with Gasteiger partial charge in [-0.1, -0.05) is 16.5 Å². The molecule has 0 aromatic carbocycles. The maximum Gasteiger partial charge on any atom is 0.211 e. The second kappa shape index (κ2) is 7.08. The van der Waals surface area contributed by atoms with E-state index in [1.807, 2.05) is 38.4 Å². The second-order valence-electron chi connectivity index (χ2n) is 6.60. The van der Waals surface area contributed by atoms with Gasteiger partial charge in [-0.2, -0.15) is 5.10 Å². The molecule has 0 amide bonds. The molecule has 0 saturated carbocycles. The van der Waals surface area contributed by atoms with E-state index >= 15 is 0 Å². The monoisotopic (exact) mass is 417 g/mol. The van der Waals surface area contributed by atoms with Gasteiger partial charge in [-0.25, -0.2) is 4.98 Å². The highest BCUT2D eigenvalue weighted by molar-refractivity contribution is 7.15. The standard InChI is InChI=1S/C17H19N7O2S2/c1-9-8-27-14(18-9)17(4,25)15-20-21-16(28-15)19-13-5-6-24(22-13)7-12-10(2)23-26-11(12)3/h5-6,8,25H,7H2,1-4H3,(H,19,21,22). The lowest BCUT2D eigenvalue weighted by atomic mass is 10.1. The van der Waals surface area contributed by atoms with E-state index in [0.717, 1.165) is 22.7 Å². The van der Waals surface area contributed by atoms with Crippen molar-refractivity contribution >= 4 is 33.6 Å². The molecule has 4 heterocycles. The van der Waals surface area contributed by atoms with Gasteiger partial charge in [-0.3, -0.25) is 4.68 Å². The lowest BCUT2D eigenvalue weighted by Gasteiger charge is -2.16. The number of nitrogens with zero attached hydrogens (tertiary/aromatic N) is 6. The zero-order valence-corrected chi connectivity index (χ0v) is 17.4. The van der Waals surface area contributed by atoms with Crippen molar-refractivity contribution in [3.05, 3.63) is 50.4 Å². The van der Waals surface area contributed by atoms with Crippen LogP contribution in [0.15, 0.2) is 22.2 Å². The van der Waals surface area contributed by atoms with E-state index in [-0.39, 0.29) is 0 Å². The molecular formula is C17H19N7O2S2. The quantitative estimate of drug-likeness (QED) is 0.492. The van der Waals surface area contributed by atoms with Crippen LogP contribution in [0, 0.1) is 20.8 Å². The molecular weight excluding hydrogens is 398 g/mol. The zero-order chi connectivity index (χ0) is 19.9. The minimum Gasteiger partial charge on any atom is -0.376 e. The number of rotatable bonds is 6. The number of hydrogen-bond donors (Lipinski definition) is 2. The molecule has 4 aromatic rings.